The summed E-state index contributed by atoms with van der Waals surface area (Å²) in [7, 11) is 0. The Balaban J connectivity index is 3.65. The van der Waals surface area contributed by atoms with Crippen LogP contribution in [-0.2, 0) is 0 Å². The van der Waals surface area contributed by atoms with Crippen molar-refractivity contribution in [2.45, 2.75) is 142 Å². The van der Waals surface area contributed by atoms with Gasteiger partial charge in [0.2, 0.25) is 0 Å². The molecule has 1 nitrogen and oxygen atoms in total. The lowest BCUT2D eigenvalue weighted by Crippen LogP contribution is -2.01. The Morgan fingerprint density at radius 1 is 0.440 bits per heavy atom. The van der Waals surface area contributed by atoms with Crippen LogP contribution in [0.25, 0.3) is 0 Å². The largest absolute Gasteiger partial charge is 0.396 e. The van der Waals surface area contributed by atoms with Crippen molar-refractivity contribution in [3.05, 3.63) is 0 Å². The van der Waals surface area contributed by atoms with Gasteiger partial charge < -0.3 is 5.11 Å². The van der Waals surface area contributed by atoms with Crippen molar-refractivity contribution < 1.29 is 5.11 Å². The second-order valence-electron chi connectivity index (χ2n) is 8.26. The average molecular weight is 355 g/mol. The molecular weight excluding hydrogens is 304 g/mol. The lowest BCUT2D eigenvalue weighted by Gasteiger charge is -2.17. The molecule has 0 saturated heterocycles. The fourth-order valence-corrected chi connectivity index (χ4v) is 3.93. The highest BCUT2D eigenvalue weighted by Gasteiger charge is 2.08. The van der Waals surface area contributed by atoms with E-state index < -0.39 is 0 Å². The number of hydrogen-bond donors (Lipinski definition) is 1. The first-order valence-electron chi connectivity index (χ1n) is 12.0. The van der Waals surface area contributed by atoms with Gasteiger partial charge in [0.15, 0.2) is 0 Å². The van der Waals surface area contributed by atoms with Crippen molar-refractivity contribution in [1.29, 1.82) is 0 Å². The van der Waals surface area contributed by atoms with E-state index in [0.29, 0.717) is 6.61 Å². The summed E-state index contributed by atoms with van der Waals surface area (Å²) in [4.78, 5) is 0. The molecule has 0 aromatic heterocycles. The quantitative estimate of drug-likeness (QED) is 0.205. The molecule has 0 saturated carbocycles. The van der Waals surface area contributed by atoms with E-state index in [1.807, 2.05) is 0 Å². The van der Waals surface area contributed by atoms with Crippen molar-refractivity contribution >= 4 is 0 Å². The first-order valence-corrected chi connectivity index (χ1v) is 12.0. The molecular formula is C24H50O. The summed E-state index contributed by atoms with van der Waals surface area (Å²) in [6.07, 6.45) is 28.0. The Morgan fingerprint density at radius 3 is 1.16 bits per heavy atom. The molecule has 1 unspecified atom stereocenters. The first kappa shape index (κ1) is 25.0. The van der Waals surface area contributed by atoms with Gasteiger partial charge in [-0.3, -0.25) is 0 Å². The molecule has 25 heavy (non-hydrogen) atoms. The lowest BCUT2D eigenvalue weighted by molar-refractivity contribution is 0.280. The maximum Gasteiger partial charge on any atom is 0.0431 e. The Kier molecular flexibility index (Phi) is 22.0. The Bertz CT molecular complexity index is 226. The van der Waals surface area contributed by atoms with E-state index in [1.165, 1.54) is 122 Å². The van der Waals surface area contributed by atoms with Crippen LogP contribution >= 0.6 is 0 Å². The van der Waals surface area contributed by atoms with Gasteiger partial charge in [-0.15, -0.1) is 0 Å². The van der Waals surface area contributed by atoms with Gasteiger partial charge in [0, 0.05) is 6.61 Å². The molecule has 1 heteroatoms. The zero-order valence-electron chi connectivity index (χ0n) is 17.9. The SMILES string of the molecule is CCCCCCCCCCCC(CCCCCC)CCCCCCO. The molecule has 0 aliphatic carbocycles. The molecule has 0 aliphatic rings. The minimum absolute atomic E-state index is 0.374. The van der Waals surface area contributed by atoms with Crippen LogP contribution < -0.4 is 0 Å². The van der Waals surface area contributed by atoms with Crippen LogP contribution in [0, 0.1) is 5.92 Å². The van der Waals surface area contributed by atoms with Gasteiger partial charge in [-0.1, -0.05) is 136 Å². The third kappa shape index (κ3) is 20.1. The summed E-state index contributed by atoms with van der Waals surface area (Å²) >= 11 is 0. The van der Waals surface area contributed by atoms with E-state index in [1.54, 1.807) is 0 Å². The fraction of sp³-hybridized carbons (Fsp3) is 1.00. The summed E-state index contributed by atoms with van der Waals surface area (Å²) in [5, 5.41) is 8.89. The van der Waals surface area contributed by atoms with Crippen LogP contribution in [0.4, 0.5) is 0 Å². The molecule has 152 valence electrons. The van der Waals surface area contributed by atoms with Crippen molar-refractivity contribution in [3.63, 3.8) is 0 Å². The molecule has 0 rings (SSSR count). The lowest BCUT2D eigenvalue weighted by atomic mass is 9.89. The van der Waals surface area contributed by atoms with E-state index in [9.17, 15) is 0 Å². The molecule has 0 amide bonds. The normalized spacial score (nSPS) is 12.6. The van der Waals surface area contributed by atoms with Crippen molar-refractivity contribution in [2.75, 3.05) is 6.61 Å². The van der Waals surface area contributed by atoms with E-state index in [2.05, 4.69) is 13.8 Å². The predicted molar refractivity (Wildman–Crippen MR) is 114 cm³/mol. The standard InChI is InChI=1S/C24H50O/c1-3-5-7-9-10-11-12-13-17-21-24(20-16-8-6-4-2)22-18-14-15-19-23-25/h24-25H,3-23H2,1-2H3. The number of aliphatic hydroxyl groups excluding tert-OH is 1. The summed E-state index contributed by atoms with van der Waals surface area (Å²) in [6.45, 7) is 4.98. The number of rotatable bonds is 21. The van der Waals surface area contributed by atoms with Crippen molar-refractivity contribution in [1.82, 2.24) is 0 Å². The van der Waals surface area contributed by atoms with Crippen molar-refractivity contribution in [3.8, 4) is 0 Å². The van der Waals surface area contributed by atoms with Crippen LogP contribution in [0.15, 0.2) is 0 Å². The van der Waals surface area contributed by atoms with Crippen LogP contribution in [-0.4, -0.2) is 11.7 Å². The molecule has 0 aromatic carbocycles. The number of aliphatic hydroxyl groups is 1. The predicted octanol–water partition coefficient (Wildman–Crippen LogP) is 8.44. The molecule has 0 fully saturated rings. The highest BCUT2D eigenvalue weighted by Crippen LogP contribution is 2.24. The summed E-state index contributed by atoms with van der Waals surface area (Å²) in [5.41, 5.74) is 0. The van der Waals surface area contributed by atoms with E-state index in [0.717, 1.165) is 12.3 Å². The third-order valence-corrected chi connectivity index (χ3v) is 5.70. The monoisotopic (exact) mass is 354 g/mol. The van der Waals surface area contributed by atoms with Gasteiger partial charge >= 0.3 is 0 Å². The van der Waals surface area contributed by atoms with Gasteiger partial charge in [-0.25, -0.2) is 0 Å². The molecule has 0 bridgehead atoms. The van der Waals surface area contributed by atoms with E-state index in [4.69, 9.17) is 5.11 Å². The molecule has 0 heterocycles. The minimum Gasteiger partial charge on any atom is -0.396 e. The minimum atomic E-state index is 0.374. The second kappa shape index (κ2) is 22.0. The van der Waals surface area contributed by atoms with Gasteiger partial charge in [-0.05, 0) is 12.3 Å². The van der Waals surface area contributed by atoms with E-state index in [-0.39, 0.29) is 0 Å². The summed E-state index contributed by atoms with van der Waals surface area (Å²) in [5.74, 6) is 0.982. The average Bonchev–Trinajstić information content (AvgIpc) is 2.63. The van der Waals surface area contributed by atoms with Crippen LogP contribution in [0.1, 0.15) is 142 Å². The number of hydrogen-bond acceptors (Lipinski definition) is 1. The van der Waals surface area contributed by atoms with Crippen molar-refractivity contribution in [2.24, 2.45) is 5.92 Å². The molecule has 0 aromatic rings. The highest BCUT2D eigenvalue weighted by atomic mass is 16.2. The fourth-order valence-electron chi connectivity index (χ4n) is 3.93. The smallest absolute Gasteiger partial charge is 0.0431 e. The van der Waals surface area contributed by atoms with E-state index >= 15 is 0 Å². The van der Waals surface area contributed by atoms with Gasteiger partial charge in [-0.2, -0.15) is 0 Å². The van der Waals surface area contributed by atoms with Gasteiger partial charge in [0.1, 0.15) is 0 Å². The van der Waals surface area contributed by atoms with Crippen LogP contribution in [0.5, 0.6) is 0 Å². The summed E-state index contributed by atoms with van der Waals surface area (Å²) in [6, 6.07) is 0. The maximum atomic E-state index is 8.89. The second-order valence-corrected chi connectivity index (χ2v) is 8.26. The molecule has 0 spiro atoms. The molecule has 0 aliphatic heterocycles. The Morgan fingerprint density at radius 2 is 0.760 bits per heavy atom. The maximum absolute atomic E-state index is 8.89. The third-order valence-electron chi connectivity index (χ3n) is 5.70. The molecule has 1 atom stereocenters. The summed E-state index contributed by atoms with van der Waals surface area (Å²) < 4.78 is 0. The van der Waals surface area contributed by atoms with Crippen LogP contribution in [0.2, 0.25) is 0 Å². The van der Waals surface area contributed by atoms with Gasteiger partial charge in [0.05, 0.1) is 0 Å². The molecule has 1 N–H and O–H groups in total. The highest BCUT2D eigenvalue weighted by molar-refractivity contribution is 4.62. The number of unbranched alkanes of at least 4 members (excludes halogenated alkanes) is 14. The van der Waals surface area contributed by atoms with Gasteiger partial charge in [0.25, 0.3) is 0 Å². The zero-order chi connectivity index (χ0) is 18.4. The zero-order valence-corrected chi connectivity index (χ0v) is 17.9. The Hall–Kier alpha value is -0.0400. The topological polar surface area (TPSA) is 20.2 Å². The molecule has 0 radical (unpaired) electrons. The first-order chi connectivity index (χ1) is 12.3. The Labute approximate surface area is 160 Å². The van der Waals surface area contributed by atoms with Crippen LogP contribution in [0.3, 0.4) is 0 Å².